The number of anilines is 1. The van der Waals surface area contributed by atoms with Gasteiger partial charge in [-0.05, 0) is 12.1 Å². The van der Waals surface area contributed by atoms with E-state index in [-0.39, 0.29) is 55.5 Å². The number of nitrogens with two attached hydrogens (primary N) is 1. The monoisotopic (exact) mass is 461 g/mol. The number of benzene rings is 1. The van der Waals surface area contributed by atoms with Gasteiger partial charge >= 0.3 is 6.03 Å². The SMILES string of the molecule is I.NC(=NCCN1C(=O)CNC1=O)Nc1ccc2c(c1)OCCCO2. The van der Waals surface area contributed by atoms with Gasteiger partial charge in [0.1, 0.15) is 0 Å². The molecule has 3 rings (SSSR count). The average molecular weight is 461 g/mol. The first kappa shape index (κ1) is 19.1. The molecule has 0 atom stereocenters. The van der Waals surface area contributed by atoms with Gasteiger partial charge in [-0.15, -0.1) is 24.0 Å². The summed E-state index contributed by atoms with van der Waals surface area (Å²) in [5.41, 5.74) is 6.55. The van der Waals surface area contributed by atoms with Crippen LogP contribution in [0.15, 0.2) is 23.2 Å². The Morgan fingerprint density at radius 3 is 2.76 bits per heavy atom. The van der Waals surface area contributed by atoms with Crippen molar-refractivity contribution in [2.45, 2.75) is 6.42 Å². The zero-order valence-corrected chi connectivity index (χ0v) is 15.8. The molecule has 0 bridgehead atoms. The van der Waals surface area contributed by atoms with Crippen molar-refractivity contribution in [3.8, 4) is 11.5 Å². The summed E-state index contributed by atoms with van der Waals surface area (Å²) in [5.74, 6) is 1.29. The number of rotatable bonds is 4. The molecule has 0 aliphatic carbocycles. The first-order valence-corrected chi connectivity index (χ1v) is 7.68. The van der Waals surface area contributed by atoms with Crippen molar-refractivity contribution in [1.82, 2.24) is 10.2 Å². The number of hydrogen-bond acceptors (Lipinski definition) is 5. The van der Waals surface area contributed by atoms with Gasteiger partial charge in [-0.3, -0.25) is 14.7 Å². The van der Waals surface area contributed by atoms with Crippen LogP contribution >= 0.6 is 24.0 Å². The fraction of sp³-hybridized carbons (Fsp3) is 0.400. The number of carbonyl (C=O) groups excluding carboxylic acids is 2. The molecular weight excluding hydrogens is 441 g/mol. The number of guanidine groups is 1. The molecule has 0 saturated carbocycles. The summed E-state index contributed by atoms with van der Waals surface area (Å²) in [6, 6.07) is 5.02. The van der Waals surface area contributed by atoms with Crippen LogP contribution in [0, 0.1) is 0 Å². The highest BCUT2D eigenvalue weighted by Crippen LogP contribution is 2.32. The normalized spacial score (nSPS) is 16.8. The number of hydrogen-bond donors (Lipinski definition) is 3. The molecule has 1 aromatic carbocycles. The maximum atomic E-state index is 11.4. The Labute approximate surface area is 161 Å². The molecule has 25 heavy (non-hydrogen) atoms. The number of aliphatic imine (C=N–C) groups is 1. The van der Waals surface area contributed by atoms with Crippen LogP contribution < -0.4 is 25.8 Å². The van der Waals surface area contributed by atoms with E-state index in [9.17, 15) is 9.59 Å². The molecule has 0 aromatic heterocycles. The van der Waals surface area contributed by atoms with Gasteiger partial charge in [0.2, 0.25) is 5.91 Å². The van der Waals surface area contributed by atoms with Crippen LogP contribution in [-0.2, 0) is 4.79 Å². The third-order valence-corrected chi connectivity index (χ3v) is 3.56. The minimum absolute atomic E-state index is 0. The molecule has 0 spiro atoms. The van der Waals surface area contributed by atoms with E-state index in [2.05, 4.69) is 15.6 Å². The highest BCUT2D eigenvalue weighted by Gasteiger charge is 2.27. The van der Waals surface area contributed by atoms with Crippen molar-refractivity contribution in [3.63, 3.8) is 0 Å². The Hall–Kier alpha value is -2.24. The minimum Gasteiger partial charge on any atom is -0.490 e. The van der Waals surface area contributed by atoms with E-state index in [0.29, 0.717) is 24.7 Å². The summed E-state index contributed by atoms with van der Waals surface area (Å²) in [5, 5.41) is 5.40. The number of nitrogens with zero attached hydrogens (tertiary/aromatic N) is 2. The van der Waals surface area contributed by atoms with Crippen LogP contribution in [0.1, 0.15) is 6.42 Å². The van der Waals surface area contributed by atoms with E-state index < -0.39 is 6.03 Å². The summed E-state index contributed by atoms with van der Waals surface area (Å²) >= 11 is 0. The molecule has 1 aromatic rings. The van der Waals surface area contributed by atoms with E-state index >= 15 is 0 Å². The highest BCUT2D eigenvalue weighted by molar-refractivity contribution is 14.0. The van der Waals surface area contributed by atoms with Gasteiger partial charge in [-0.1, -0.05) is 0 Å². The van der Waals surface area contributed by atoms with Gasteiger partial charge in [0.25, 0.3) is 0 Å². The second kappa shape index (κ2) is 8.74. The summed E-state index contributed by atoms with van der Waals surface area (Å²) in [7, 11) is 0. The Kier molecular flexibility index (Phi) is 6.67. The van der Waals surface area contributed by atoms with E-state index in [4.69, 9.17) is 15.2 Å². The quantitative estimate of drug-likeness (QED) is 0.264. The smallest absolute Gasteiger partial charge is 0.324 e. The first-order chi connectivity index (χ1) is 11.6. The lowest BCUT2D eigenvalue weighted by molar-refractivity contribution is -0.124. The maximum absolute atomic E-state index is 11.4. The number of imide groups is 1. The van der Waals surface area contributed by atoms with Crippen LogP contribution in [0.2, 0.25) is 0 Å². The number of amides is 3. The van der Waals surface area contributed by atoms with Gasteiger partial charge < -0.3 is 25.8 Å². The standard InChI is InChI=1S/C15H19N5O4.HI/c16-14(17-4-5-20-13(21)9-18-15(20)22)19-10-2-3-11-12(8-10)24-7-1-6-23-11;/h2-3,8H,1,4-7,9H2,(H,18,22)(H3,16,17,19);1H. The van der Waals surface area contributed by atoms with E-state index in [1.807, 2.05) is 12.1 Å². The molecule has 136 valence electrons. The number of nitrogens with one attached hydrogen (secondary N) is 2. The molecule has 2 heterocycles. The van der Waals surface area contributed by atoms with Crippen LogP contribution in [0.25, 0.3) is 0 Å². The lowest BCUT2D eigenvalue weighted by atomic mass is 10.3. The molecule has 2 aliphatic rings. The van der Waals surface area contributed by atoms with Crippen molar-refractivity contribution in [3.05, 3.63) is 18.2 Å². The molecule has 2 aliphatic heterocycles. The second-order valence-electron chi connectivity index (χ2n) is 5.31. The molecule has 10 heteroatoms. The molecule has 0 radical (unpaired) electrons. The highest BCUT2D eigenvalue weighted by atomic mass is 127. The van der Waals surface area contributed by atoms with Crippen molar-refractivity contribution in [1.29, 1.82) is 0 Å². The number of carbonyl (C=O) groups is 2. The fourth-order valence-corrected chi connectivity index (χ4v) is 2.38. The number of fused-ring (bicyclic) bond motifs is 1. The minimum atomic E-state index is -0.398. The molecule has 1 saturated heterocycles. The number of ether oxygens (including phenoxy) is 2. The Morgan fingerprint density at radius 1 is 1.28 bits per heavy atom. The van der Waals surface area contributed by atoms with Gasteiger partial charge in [-0.2, -0.15) is 0 Å². The molecule has 0 unspecified atom stereocenters. The third-order valence-electron chi connectivity index (χ3n) is 3.56. The molecule has 3 amide bonds. The summed E-state index contributed by atoms with van der Waals surface area (Å²) < 4.78 is 11.2. The van der Waals surface area contributed by atoms with Crippen molar-refractivity contribution in [2.24, 2.45) is 10.7 Å². The Balaban J connectivity index is 0.00000225. The van der Waals surface area contributed by atoms with Crippen molar-refractivity contribution >= 4 is 47.6 Å². The lowest BCUT2D eigenvalue weighted by Crippen LogP contribution is -2.34. The fourth-order valence-electron chi connectivity index (χ4n) is 2.38. The van der Waals surface area contributed by atoms with E-state index in [0.717, 1.165) is 17.0 Å². The van der Waals surface area contributed by atoms with Crippen LogP contribution in [0.4, 0.5) is 10.5 Å². The number of urea groups is 1. The zero-order chi connectivity index (χ0) is 16.9. The van der Waals surface area contributed by atoms with Gasteiger partial charge in [0, 0.05) is 18.2 Å². The average Bonchev–Trinajstić information content (AvgIpc) is 2.77. The summed E-state index contributed by atoms with van der Waals surface area (Å²) in [6.45, 7) is 1.68. The third kappa shape index (κ3) is 4.87. The molecular formula is C15H20IN5O4. The largest absolute Gasteiger partial charge is 0.490 e. The van der Waals surface area contributed by atoms with Crippen molar-refractivity contribution in [2.75, 3.05) is 38.2 Å². The zero-order valence-electron chi connectivity index (χ0n) is 13.5. The van der Waals surface area contributed by atoms with Crippen LogP contribution in [-0.4, -0.2) is 55.6 Å². The van der Waals surface area contributed by atoms with Gasteiger partial charge in [0.15, 0.2) is 17.5 Å². The lowest BCUT2D eigenvalue weighted by Gasteiger charge is -2.12. The topological polar surface area (TPSA) is 118 Å². The Morgan fingerprint density at radius 2 is 2.04 bits per heavy atom. The van der Waals surface area contributed by atoms with Gasteiger partial charge in [0.05, 0.1) is 32.8 Å². The van der Waals surface area contributed by atoms with Crippen molar-refractivity contribution < 1.29 is 19.1 Å². The summed E-state index contributed by atoms with van der Waals surface area (Å²) in [4.78, 5) is 28.1. The van der Waals surface area contributed by atoms with Gasteiger partial charge in [-0.25, -0.2) is 4.79 Å². The maximum Gasteiger partial charge on any atom is 0.324 e. The molecule has 1 fully saturated rings. The van der Waals surface area contributed by atoms with Crippen LogP contribution in [0.3, 0.4) is 0 Å². The second-order valence-corrected chi connectivity index (χ2v) is 5.31. The Bertz CT molecular complexity index is 666. The predicted molar refractivity (Wildman–Crippen MR) is 103 cm³/mol. The van der Waals surface area contributed by atoms with E-state index in [1.54, 1.807) is 6.07 Å². The molecule has 4 N–H and O–H groups in total. The molecule has 9 nitrogen and oxygen atoms in total. The number of halogens is 1. The summed E-state index contributed by atoms with van der Waals surface area (Å²) in [6.07, 6.45) is 0.837. The van der Waals surface area contributed by atoms with Crippen LogP contribution in [0.5, 0.6) is 11.5 Å². The first-order valence-electron chi connectivity index (χ1n) is 7.68. The predicted octanol–water partition coefficient (Wildman–Crippen LogP) is 0.744. The van der Waals surface area contributed by atoms with E-state index in [1.165, 1.54) is 0 Å².